The van der Waals surface area contributed by atoms with Gasteiger partial charge in [-0.3, -0.25) is 4.98 Å². The van der Waals surface area contributed by atoms with E-state index in [2.05, 4.69) is 45.3 Å². The number of nitrogens with zero attached hydrogens (tertiary/aromatic N) is 1. The van der Waals surface area contributed by atoms with E-state index < -0.39 is 0 Å². The van der Waals surface area contributed by atoms with E-state index in [9.17, 15) is 0 Å². The van der Waals surface area contributed by atoms with Crippen LogP contribution in [0.2, 0.25) is 0 Å². The summed E-state index contributed by atoms with van der Waals surface area (Å²) in [6.45, 7) is 10.9. The van der Waals surface area contributed by atoms with Crippen molar-refractivity contribution in [3.8, 4) is 0 Å². The number of rotatable bonds is 0. The van der Waals surface area contributed by atoms with Gasteiger partial charge in [0.05, 0.1) is 0 Å². The Morgan fingerprint density at radius 1 is 0.765 bits per heavy atom. The number of aromatic nitrogens is 1. The van der Waals surface area contributed by atoms with Gasteiger partial charge >= 0.3 is 0 Å². The van der Waals surface area contributed by atoms with Crippen LogP contribution in [0.25, 0.3) is 10.8 Å². The molecule has 2 aromatic rings. The highest BCUT2D eigenvalue weighted by Crippen LogP contribution is 2.30. The molecule has 1 aromatic carbocycles. The van der Waals surface area contributed by atoms with E-state index in [1.54, 1.807) is 0 Å². The van der Waals surface area contributed by atoms with Crippen molar-refractivity contribution in [1.82, 2.24) is 4.98 Å². The zero-order chi connectivity index (χ0) is 13.2. The molecule has 0 fully saturated rings. The second-order valence-electron chi connectivity index (χ2n) is 4.38. The number of hydrogen-bond acceptors (Lipinski definition) is 2. The predicted molar refractivity (Wildman–Crippen MR) is 75.5 cm³/mol. The fourth-order valence-electron chi connectivity index (χ4n) is 2.30. The lowest BCUT2D eigenvalue weighted by molar-refractivity contribution is 1.22. The Bertz CT molecular complexity index is 542. The summed E-state index contributed by atoms with van der Waals surface area (Å²) in [6, 6.07) is 0. The molecule has 2 heteroatoms. The molecule has 2 rings (SSSR count). The molecular formula is C15H22N2. The SMILES string of the molecule is CN.Cc1c(C)c(C)c2c(C)cncc2c1C. The summed E-state index contributed by atoms with van der Waals surface area (Å²) in [5, 5.41) is 2.68. The monoisotopic (exact) mass is 230 g/mol. The van der Waals surface area contributed by atoms with Crippen LogP contribution in [-0.4, -0.2) is 12.0 Å². The highest BCUT2D eigenvalue weighted by Gasteiger charge is 2.10. The van der Waals surface area contributed by atoms with E-state index in [1.807, 2.05) is 12.4 Å². The quantitative estimate of drug-likeness (QED) is 0.753. The van der Waals surface area contributed by atoms with E-state index in [0.29, 0.717) is 0 Å². The first kappa shape index (κ1) is 13.7. The average Bonchev–Trinajstić information content (AvgIpc) is 2.36. The van der Waals surface area contributed by atoms with Crippen LogP contribution in [0, 0.1) is 34.6 Å². The first-order valence-corrected chi connectivity index (χ1v) is 5.92. The molecule has 0 amide bonds. The average molecular weight is 230 g/mol. The number of pyridine rings is 1. The summed E-state index contributed by atoms with van der Waals surface area (Å²) in [5.74, 6) is 0. The molecule has 0 spiro atoms. The van der Waals surface area contributed by atoms with Gasteiger partial charge in [0.2, 0.25) is 0 Å². The van der Waals surface area contributed by atoms with Crippen molar-refractivity contribution in [1.29, 1.82) is 0 Å². The topological polar surface area (TPSA) is 38.9 Å². The van der Waals surface area contributed by atoms with Gasteiger partial charge in [0.25, 0.3) is 0 Å². The number of nitrogens with two attached hydrogens (primary N) is 1. The highest BCUT2D eigenvalue weighted by atomic mass is 14.6. The van der Waals surface area contributed by atoms with Crippen LogP contribution in [0.15, 0.2) is 12.4 Å². The zero-order valence-corrected chi connectivity index (χ0v) is 11.7. The summed E-state index contributed by atoms with van der Waals surface area (Å²) in [4.78, 5) is 4.29. The van der Waals surface area contributed by atoms with Gasteiger partial charge in [-0.1, -0.05) is 0 Å². The molecule has 0 radical (unpaired) electrons. The fourth-order valence-corrected chi connectivity index (χ4v) is 2.30. The second kappa shape index (κ2) is 5.28. The first-order chi connectivity index (χ1) is 8.04. The Kier molecular flexibility index (Phi) is 4.24. The van der Waals surface area contributed by atoms with Gasteiger partial charge in [-0.05, 0) is 74.9 Å². The summed E-state index contributed by atoms with van der Waals surface area (Å²) in [5.41, 5.74) is 11.3. The van der Waals surface area contributed by atoms with E-state index in [4.69, 9.17) is 0 Å². The predicted octanol–water partition coefficient (Wildman–Crippen LogP) is 3.35. The zero-order valence-electron chi connectivity index (χ0n) is 11.7. The van der Waals surface area contributed by atoms with Crippen molar-refractivity contribution in [2.75, 3.05) is 7.05 Å². The van der Waals surface area contributed by atoms with Gasteiger partial charge < -0.3 is 5.73 Å². The van der Waals surface area contributed by atoms with Crippen molar-refractivity contribution in [3.05, 3.63) is 40.2 Å². The molecule has 0 aliphatic rings. The largest absolute Gasteiger partial charge is 0.333 e. The van der Waals surface area contributed by atoms with Crippen LogP contribution in [0.5, 0.6) is 0 Å². The Hall–Kier alpha value is -1.41. The van der Waals surface area contributed by atoms with Gasteiger partial charge in [-0.2, -0.15) is 0 Å². The molecule has 0 saturated heterocycles. The van der Waals surface area contributed by atoms with Crippen molar-refractivity contribution < 1.29 is 0 Å². The molecule has 17 heavy (non-hydrogen) atoms. The maximum Gasteiger partial charge on any atom is 0.0349 e. The van der Waals surface area contributed by atoms with Gasteiger partial charge in [0, 0.05) is 17.8 Å². The van der Waals surface area contributed by atoms with E-state index >= 15 is 0 Å². The third kappa shape index (κ3) is 2.18. The molecule has 92 valence electrons. The van der Waals surface area contributed by atoms with Crippen molar-refractivity contribution in [2.24, 2.45) is 5.73 Å². The summed E-state index contributed by atoms with van der Waals surface area (Å²) in [6.07, 6.45) is 3.93. The molecule has 1 aromatic heterocycles. The van der Waals surface area contributed by atoms with Gasteiger partial charge in [-0.25, -0.2) is 0 Å². The lowest BCUT2D eigenvalue weighted by atomic mass is 9.91. The molecule has 2 nitrogen and oxygen atoms in total. The number of fused-ring (bicyclic) bond motifs is 1. The smallest absolute Gasteiger partial charge is 0.0349 e. The number of aryl methyl sites for hydroxylation is 3. The van der Waals surface area contributed by atoms with Crippen LogP contribution in [0.1, 0.15) is 27.8 Å². The van der Waals surface area contributed by atoms with E-state index in [0.717, 1.165) is 0 Å². The second-order valence-corrected chi connectivity index (χ2v) is 4.38. The summed E-state index contributed by atoms with van der Waals surface area (Å²) in [7, 11) is 1.50. The summed E-state index contributed by atoms with van der Waals surface area (Å²) < 4.78 is 0. The molecule has 2 N–H and O–H groups in total. The van der Waals surface area contributed by atoms with Crippen LogP contribution in [-0.2, 0) is 0 Å². The van der Waals surface area contributed by atoms with Crippen LogP contribution in [0.4, 0.5) is 0 Å². The van der Waals surface area contributed by atoms with E-state index in [-0.39, 0.29) is 0 Å². The van der Waals surface area contributed by atoms with Crippen LogP contribution in [0.3, 0.4) is 0 Å². The van der Waals surface area contributed by atoms with Gasteiger partial charge in [-0.15, -0.1) is 0 Å². The Morgan fingerprint density at radius 2 is 1.29 bits per heavy atom. The van der Waals surface area contributed by atoms with E-state index in [1.165, 1.54) is 45.6 Å². The first-order valence-electron chi connectivity index (χ1n) is 5.92. The maximum absolute atomic E-state index is 4.50. The number of benzene rings is 1. The molecule has 0 atom stereocenters. The molecule has 0 aliphatic heterocycles. The molecule has 0 bridgehead atoms. The Morgan fingerprint density at radius 3 is 1.88 bits per heavy atom. The van der Waals surface area contributed by atoms with Crippen molar-refractivity contribution in [2.45, 2.75) is 34.6 Å². The third-order valence-electron chi connectivity index (χ3n) is 3.60. The van der Waals surface area contributed by atoms with Crippen molar-refractivity contribution >= 4 is 10.8 Å². The lowest BCUT2D eigenvalue weighted by Crippen LogP contribution is -1.96. The maximum atomic E-state index is 4.50. The summed E-state index contributed by atoms with van der Waals surface area (Å²) >= 11 is 0. The lowest BCUT2D eigenvalue weighted by Gasteiger charge is -2.14. The number of hydrogen-bond donors (Lipinski definition) is 1. The van der Waals surface area contributed by atoms with Gasteiger partial charge in [0.15, 0.2) is 0 Å². The normalized spacial score (nSPS) is 10.1. The minimum absolute atomic E-state index is 1.27. The molecule has 0 aliphatic carbocycles. The van der Waals surface area contributed by atoms with Crippen LogP contribution >= 0.6 is 0 Å². The molecular weight excluding hydrogens is 208 g/mol. The standard InChI is InChI=1S/C14H17N.CH5N/c1-8-6-15-7-13-11(4)9(2)10(3)12(5)14(8)13;1-2/h6-7H,1-5H3;2H2,1H3. The molecule has 0 saturated carbocycles. The van der Waals surface area contributed by atoms with Crippen molar-refractivity contribution in [3.63, 3.8) is 0 Å². The highest BCUT2D eigenvalue weighted by molar-refractivity contribution is 5.92. The molecule has 1 heterocycles. The van der Waals surface area contributed by atoms with Crippen LogP contribution < -0.4 is 5.73 Å². The molecule has 0 unspecified atom stereocenters. The van der Waals surface area contributed by atoms with Gasteiger partial charge in [0.1, 0.15) is 0 Å². The Labute approximate surface area is 104 Å². The Balaban J connectivity index is 0.000000686. The minimum Gasteiger partial charge on any atom is -0.333 e. The third-order valence-corrected chi connectivity index (χ3v) is 3.60. The minimum atomic E-state index is 1.27. The fraction of sp³-hybridized carbons (Fsp3) is 0.400.